The molecule has 0 aromatic heterocycles. The van der Waals surface area contributed by atoms with Gasteiger partial charge in [0.1, 0.15) is 5.75 Å². The first-order valence-electron chi connectivity index (χ1n) is 7.37. The van der Waals surface area contributed by atoms with Gasteiger partial charge in [0, 0.05) is 17.8 Å². The molecule has 1 N–H and O–H groups in total. The van der Waals surface area contributed by atoms with E-state index in [4.69, 9.17) is 4.74 Å². The summed E-state index contributed by atoms with van der Waals surface area (Å²) in [6.45, 7) is 5.21. The molecule has 0 unspecified atom stereocenters. The van der Waals surface area contributed by atoms with E-state index in [1.807, 2.05) is 12.1 Å². The Morgan fingerprint density at radius 2 is 1.95 bits per heavy atom. The third kappa shape index (κ3) is 2.64. The maximum absolute atomic E-state index is 5.93. The number of aryl methyl sites for hydroxylation is 1. The van der Waals surface area contributed by atoms with E-state index in [1.54, 1.807) is 0 Å². The number of rotatable bonds is 3. The van der Waals surface area contributed by atoms with Gasteiger partial charge in [-0.15, -0.1) is 0 Å². The predicted octanol–water partition coefficient (Wildman–Crippen LogP) is 4.50. The molecule has 2 heteroatoms. The molecule has 3 rings (SSSR count). The third-order valence-electron chi connectivity index (χ3n) is 3.60. The minimum absolute atomic E-state index is 0.190. The number of ether oxygens (including phenoxy) is 1. The zero-order valence-corrected chi connectivity index (χ0v) is 12.1. The van der Waals surface area contributed by atoms with Crippen molar-refractivity contribution in [1.29, 1.82) is 0 Å². The monoisotopic (exact) mass is 267 g/mol. The summed E-state index contributed by atoms with van der Waals surface area (Å²) < 4.78 is 5.93. The van der Waals surface area contributed by atoms with Crippen molar-refractivity contribution >= 4 is 5.69 Å². The van der Waals surface area contributed by atoms with Gasteiger partial charge in [0.2, 0.25) is 0 Å². The molecule has 0 saturated carbocycles. The molecule has 0 aliphatic carbocycles. The summed E-state index contributed by atoms with van der Waals surface area (Å²) in [5, 5.41) is 3.46. The largest absolute Gasteiger partial charge is 0.490 e. The molecule has 2 aromatic rings. The second-order valence-corrected chi connectivity index (χ2v) is 5.57. The highest BCUT2D eigenvalue weighted by Gasteiger charge is 2.12. The average molecular weight is 267 g/mol. The lowest BCUT2D eigenvalue weighted by molar-refractivity contribution is 0.243. The van der Waals surface area contributed by atoms with Crippen molar-refractivity contribution in [3.8, 4) is 16.9 Å². The van der Waals surface area contributed by atoms with Gasteiger partial charge < -0.3 is 10.1 Å². The van der Waals surface area contributed by atoms with Crippen LogP contribution in [0.5, 0.6) is 5.75 Å². The number of anilines is 1. The first-order chi connectivity index (χ1) is 9.74. The number of hydrogen-bond donors (Lipinski definition) is 1. The number of para-hydroxylation sites is 1. The standard InChI is InChI=1S/C18H21NO/c1-13(2)20-18-8-4-3-7-16(18)14-9-10-17-15(12-14)6-5-11-19-17/h3-4,7-10,12-13,19H,5-6,11H2,1-2H3. The van der Waals surface area contributed by atoms with Crippen molar-refractivity contribution in [3.63, 3.8) is 0 Å². The fourth-order valence-electron chi connectivity index (χ4n) is 2.70. The highest BCUT2D eigenvalue weighted by atomic mass is 16.5. The lowest BCUT2D eigenvalue weighted by Gasteiger charge is -2.20. The highest BCUT2D eigenvalue weighted by Crippen LogP contribution is 2.34. The Bertz CT molecular complexity index is 604. The van der Waals surface area contributed by atoms with E-state index in [2.05, 4.69) is 49.5 Å². The Balaban J connectivity index is 2.00. The first kappa shape index (κ1) is 13.0. The van der Waals surface area contributed by atoms with Crippen LogP contribution in [0, 0.1) is 0 Å². The van der Waals surface area contributed by atoms with Gasteiger partial charge in [-0.25, -0.2) is 0 Å². The lowest BCUT2D eigenvalue weighted by atomic mass is 9.97. The molecule has 1 aliphatic heterocycles. The van der Waals surface area contributed by atoms with E-state index >= 15 is 0 Å². The van der Waals surface area contributed by atoms with E-state index in [1.165, 1.54) is 28.8 Å². The summed E-state index contributed by atoms with van der Waals surface area (Å²) in [6, 6.07) is 14.9. The number of fused-ring (bicyclic) bond motifs is 1. The van der Waals surface area contributed by atoms with E-state index in [0.29, 0.717) is 0 Å². The first-order valence-corrected chi connectivity index (χ1v) is 7.37. The van der Waals surface area contributed by atoms with Crippen molar-refractivity contribution in [2.75, 3.05) is 11.9 Å². The van der Waals surface area contributed by atoms with Crippen LogP contribution in [0.4, 0.5) is 5.69 Å². The Hall–Kier alpha value is -1.96. The molecular formula is C18H21NO. The van der Waals surface area contributed by atoms with E-state index in [9.17, 15) is 0 Å². The van der Waals surface area contributed by atoms with Crippen LogP contribution in [0.25, 0.3) is 11.1 Å². The molecule has 1 heterocycles. The Labute approximate surface area is 120 Å². The molecule has 0 amide bonds. The Kier molecular flexibility index (Phi) is 3.64. The molecule has 2 nitrogen and oxygen atoms in total. The fraction of sp³-hybridized carbons (Fsp3) is 0.333. The predicted molar refractivity (Wildman–Crippen MR) is 84.5 cm³/mol. The van der Waals surface area contributed by atoms with Crippen LogP contribution in [0.3, 0.4) is 0 Å². The molecule has 1 aliphatic rings. The van der Waals surface area contributed by atoms with E-state index in [0.717, 1.165) is 18.7 Å². The molecule has 2 aromatic carbocycles. The molecule has 20 heavy (non-hydrogen) atoms. The molecule has 0 fully saturated rings. The number of benzene rings is 2. The van der Waals surface area contributed by atoms with Crippen molar-refractivity contribution in [2.45, 2.75) is 32.8 Å². The minimum Gasteiger partial charge on any atom is -0.490 e. The van der Waals surface area contributed by atoms with E-state index < -0.39 is 0 Å². The van der Waals surface area contributed by atoms with E-state index in [-0.39, 0.29) is 6.10 Å². The summed E-state index contributed by atoms with van der Waals surface area (Å²) in [5.41, 5.74) is 5.11. The van der Waals surface area contributed by atoms with Crippen LogP contribution in [0.2, 0.25) is 0 Å². The van der Waals surface area contributed by atoms with Gasteiger partial charge in [-0.3, -0.25) is 0 Å². The lowest BCUT2D eigenvalue weighted by Crippen LogP contribution is -2.11. The van der Waals surface area contributed by atoms with Gasteiger partial charge >= 0.3 is 0 Å². The quantitative estimate of drug-likeness (QED) is 0.884. The minimum atomic E-state index is 0.190. The molecule has 0 bridgehead atoms. The number of hydrogen-bond acceptors (Lipinski definition) is 2. The van der Waals surface area contributed by atoms with Crippen LogP contribution in [0.1, 0.15) is 25.8 Å². The average Bonchev–Trinajstić information content (AvgIpc) is 2.47. The molecule has 104 valence electrons. The van der Waals surface area contributed by atoms with Crippen LogP contribution in [0.15, 0.2) is 42.5 Å². The van der Waals surface area contributed by atoms with Gasteiger partial charge in [-0.2, -0.15) is 0 Å². The van der Waals surface area contributed by atoms with Crippen LogP contribution < -0.4 is 10.1 Å². The Morgan fingerprint density at radius 3 is 2.80 bits per heavy atom. The zero-order valence-electron chi connectivity index (χ0n) is 12.1. The van der Waals surface area contributed by atoms with Gasteiger partial charge in [-0.1, -0.05) is 24.3 Å². The molecule has 0 saturated heterocycles. The smallest absolute Gasteiger partial charge is 0.127 e. The molecule has 0 atom stereocenters. The second-order valence-electron chi connectivity index (χ2n) is 5.57. The van der Waals surface area contributed by atoms with Crippen LogP contribution >= 0.6 is 0 Å². The summed E-state index contributed by atoms with van der Waals surface area (Å²) >= 11 is 0. The number of nitrogens with one attached hydrogen (secondary N) is 1. The van der Waals surface area contributed by atoms with Crippen LogP contribution in [-0.4, -0.2) is 12.6 Å². The maximum Gasteiger partial charge on any atom is 0.127 e. The highest BCUT2D eigenvalue weighted by molar-refractivity contribution is 5.73. The topological polar surface area (TPSA) is 21.3 Å². The molecular weight excluding hydrogens is 246 g/mol. The van der Waals surface area contributed by atoms with Crippen molar-refractivity contribution in [2.24, 2.45) is 0 Å². The third-order valence-corrected chi connectivity index (χ3v) is 3.60. The SMILES string of the molecule is CC(C)Oc1ccccc1-c1ccc2c(c1)CCCN2. The van der Waals surface area contributed by atoms with Crippen LogP contribution in [-0.2, 0) is 6.42 Å². The van der Waals surface area contributed by atoms with Crippen molar-refractivity contribution < 1.29 is 4.74 Å². The van der Waals surface area contributed by atoms with Crippen molar-refractivity contribution in [1.82, 2.24) is 0 Å². The molecule has 0 spiro atoms. The fourth-order valence-corrected chi connectivity index (χ4v) is 2.70. The summed E-state index contributed by atoms with van der Waals surface area (Å²) in [5.74, 6) is 0.964. The van der Waals surface area contributed by atoms with Gasteiger partial charge in [-0.05, 0) is 56.0 Å². The maximum atomic E-state index is 5.93. The second kappa shape index (κ2) is 5.58. The summed E-state index contributed by atoms with van der Waals surface area (Å²) in [4.78, 5) is 0. The normalized spacial score (nSPS) is 13.8. The van der Waals surface area contributed by atoms with Crippen molar-refractivity contribution in [3.05, 3.63) is 48.0 Å². The summed E-state index contributed by atoms with van der Waals surface area (Å²) in [7, 11) is 0. The molecule has 0 radical (unpaired) electrons. The summed E-state index contributed by atoms with van der Waals surface area (Å²) in [6.07, 6.45) is 2.56. The van der Waals surface area contributed by atoms with Gasteiger partial charge in [0.15, 0.2) is 0 Å². The zero-order chi connectivity index (χ0) is 13.9. The Morgan fingerprint density at radius 1 is 1.10 bits per heavy atom. The van der Waals surface area contributed by atoms with Gasteiger partial charge in [0.25, 0.3) is 0 Å². The van der Waals surface area contributed by atoms with Gasteiger partial charge in [0.05, 0.1) is 6.10 Å².